The van der Waals surface area contributed by atoms with E-state index in [1.54, 1.807) is 42.7 Å². The first-order valence-corrected chi connectivity index (χ1v) is 36.6. The minimum absolute atomic E-state index is 0.829. The van der Waals surface area contributed by atoms with E-state index in [9.17, 15) is 0 Å². The van der Waals surface area contributed by atoms with Crippen molar-refractivity contribution in [3.8, 4) is 80.8 Å². The summed E-state index contributed by atoms with van der Waals surface area (Å²) in [5.41, 5.74) is 17.4. The van der Waals surface area contributed by atoms with Gasteiger partial charge < -0.3 is 47.0 Å². The Morgan fingerprint density at radius 3 is 0.670 bits per heavy atom. The van der Waals surface area contributed by atoms with Crippen molar-refractivity contribution in [3.05, 3.63) is 217 Å². The average Bonchev–Trinajstić information content (AvgIpc) is 1.59. The lowest BCUT2D eigenvalue weighted by Crippen LogP contribution is -2.09. The molecule has 0 amide bonds. The lowest BCUT2D eigenvalue weighted by Gasteiger charge is -2.26. The lowest BCUT2D eigenvalue weighted by atomic mass is 10.1. The number of anilines is 3. The van der Waals surface area contributed by atoms with Crippen molar-refractivity contribution < 1.29 is 28.4 Å². The van der Waals surface area contributed by atoms with Gasteiger partial charge in [0, 0.05) is 94.8 Å². The van der Waals surface area contributed by atoms with Gasteiger partial charge in [0.2, 0.25) is 0 Å². The molecule has 0 fully saturated rings. The van der Waals surface area contributed by atoms with Gasteiger partial charge >= 0.3 is 0 Å². The molecule has 18 rings (SSSR count). The summed E-state index contributed by atoms with van der Waals surface area (Å²) in [4.78, 5) is 6.11. The number of hydrogen-bond donors (Lipinski definition) is 0. The number of thiophene rings is 6. The summed E-state index contributed by atoms with van der Waals surface area (Å²) >= 11 is 11.1. The van der Waals surface area contributed by atoms with Crippen LogP contribution in [0.4, 0.5) is 17.1 Å². The number of aryl methyl sites for hydroxylation is 3. The monoisotopic (exact) mass is 1380 g/mol. The Hall–Kier alpha value is -10.0. The number of aromatic nitrogens is 3. The first kappa shape index (κ1) is 59.5. The van der Waals surface area contributed by atoms with Crippen LogP contribution in [0.2, 0.25) is 0 Å². The Labute approximate surface area is 582 Å². The van der Waals surface area contributed by atoms with Crippen LogP contribution >= 0.6 is 68.0 Å². The predicted molar refractivity (Wildman–Crippen MR) is 414 cm³/mol. The molecule has 0 unspecified atom stereocenters. The molecule has 0 aliphatic carbocycles. The largest absolute Gasteiger partial charge is 0.497 e. The van der Waals surface area contributed by atoms with Crippen molar-refractivity contribution in [1.29, 1.82) is 0 Å². The van der Waals surface area contributed by atoms with Gasteiger partial charge in [-0.3, -0.25) is 0 Å². The number of rotatable bonds is 15. The third-order valence-corrected chi connectivity index (χ3v) is 27.0. The average molecular weight is 1380 g/mol. The lowest BCUT2D eigenvalue weighted by molar-refractivity contribution is 0.415. The summed E-state index contributed by atoms with van der Waals surface area (Å²) in [6, 6.07) is 72.6. The molecule has 0 saturated heterocycles. The summed E-state index contributed by atoms with van der Waals surface area (Å²) in [5, 5.41) is 10.4. The second kappa shape index (κ2) is 23.1. The molecule has 0 radical (unpaired) electrons. The molecular weight excluding hydrogens is 1320 g/mol. The van der Waals surface area contributed by atoms with Crippen LogP contribution in [0.5, 0.6) is 34.5 Å². The third kappa shape index (κ3) is 9.40. The van der Waals surface area contributed by atoms with E-state index < -0.39 is 0 Å². The topological polar surface area (TPSA) is 73.4 Å². The summed E-state index contributed by atoms with van der Waals surface area (Å²) in [7, 11) is 10.3. The summed E-state index contributed by atoms with van der Waals surface area (Å²) in [5.74, 6) is 4.97. The molecule has 9 aromatic carbocycles. The maximum Gasteiger partial charge on any atom is 0.119 e. The van der Waals surface area contributed by atoms with Crippen molar-refractivity contribution >= 4 is 179 Å². The number of fused-ring (bicyclic) bond motifs is 12. The Bertz CT molecular complexity index is 5420. The van der Waals surface area contributed by atoms with Crippen LogP contribution in [0, 0.1) is 20.8 Å². The minimum Gasteiger partial charge on any atom is -0.497 e. The van der Waals surface area contributed by atoms with Gasteiger partial charge in [-0.15, -0.1) is 68.0 Å². The van der Waals surface area contributed by atoms with E-state index in [1.807, 2.05) is 68.0 Å². The molecule has 0 bridgehead atoms. The molecule has 476 valence electrons. The zero-order valence-corrected chi connectivity index (χ0v) is 59.1. The third-order valence-electron chi connectivity index (χ3n) is 19.1. The standard InChI is InChI=1S/C81H60N4O6S6/c1-43-76-73(95-79(43)83-64-28-22-52(86-4)34-58(64)59-35-53(87-5)23-29-65(59)83)40-70(92-76)46-10-16-49(17-11-46)82(50-18-12-47(13-19-50)71-41-74-77(93-71)44(2)80(96-74)84-66-30-24-54(88-6)36-60(66)61-37-55(89-7)25-31-67(61)84)51-20-14-48(15-21-51)72-42-75-78(94-72)45(3)81(97-75)85-68-32-26-56(90-8)38-62(68)63-39-57(91-9)27-33-69(63)85/h10-42H,1-9H3. The fourth-order valence-electron chi connectivity index (χ4n) is 14.2. The molecule has 0 spiro atoms. The highest BCUT2D eigenvalue weighted by Crippen LogP contribution is 2.51. The summed E-state index contributed by atoms with van der Waals surface area (Å²) in [6.45, 7) is 6.80. The van der Waals surface area contributed by atoms with Gasteiger partial charge in [-0.2, -0.15) is 0 Å². The first-order valence-electron chi connectivity index (χ1n) is 31.7. The van der Waals surface area contributed by atoms with Gasteiger partial charge in [-0.05, 0) is 201 Å². The van der Waals surface area contributed by atoms with E-state index in [-0.39, 0.29) is 0 Å². The number of nitrogens with zero attached hydrogens (tertiary/aromatic N) is 4. The normalized spacial score (nSPS) is 12.0. The van der Waals surface area contributed by atoms with Gasteiger partial charge in [-0.1, -0.05) is 36.4 Å². The zero-order chi connectivity index (χ0) is 65.6. The van der Waals surface area contributed by atoms with Crippen LogP contribution < -0.4 is 33.3 Å². The van der Waals surface area contributed by atoms with Crippen LogP contribution in [-0.2, 0) is 0 Å². The molecule has 10 nitrogen and oxygen atoms in total. The van der Waals surface area contributed by atoms with Crippen molar-refractivity contribution in [3.63, 3.8) is 0 Å². The molecule has 0 aliphatic heterocycles. The molecule has 0 N–H and O–H groups in total. The summed E-state index contributed by atoms with van der Waals surface area (Å²) < 4.78 is 49.2. The van der Waals surface area contributed by atoms with Gasteiger partial charge in [0.25, 0.3) is 0 Å². The Kier molecular flexibility index (Phi) is 14.1. The van der Waals surface area contributed by atoms with Gasteiger partial charge in [0.15, 0.2) is 0 Å². The molecule has 9 aromatic heterocycles. The van der Waals surface area contributed by atoms with Crippen LogP contribution in [0.1, 0.15) is 16.7 Å². The molecule has 0 aliphatic rings. The highest BCUT2D eigenvalue weighted by atomic mass is 32.1. The van der Waals surface area contributed by atoms with E-state index in [0.29, 0.717) is 0 Å². The van der Waals surface area contributed by atoms with Gasteiger partial charge in [0.05, 0.1) is 89.9 Å². The quantitative estimate of drug-likeness (QED) is 0.101. The minimum atomic E-state index is 0.829. The van der Waals surface area contributed by atoms with Crippen LogP contribution in [0.3, 0.4) is 0 Å². The fraction of sp³-hybridized carbons (Fsp3) is 0.111. The van der Waals surface area contributed by atoms with Crippen LogP contribution in [0.15, 0.2) is 200 Å². The Morgan fingerprint density at radius 1 is 0.258 bits per heavy atom. The van der Waals surface area contributed by atoms with E-state index >= 15 is 0 Å². The van der Waals surface area contributed by atoms with Crippen molar-refractivity contribution in [2.24, 2.45) is 0 Å². The van der Waals surface area contributed by atoms with Gasteiger partial charge in [-0.25, -0.2) is 0 Å². The second-order valence-electron chi connectivity index (χ2n) is 24.3. The highest BCUT2D eigenvalue weighted by Gasteiger charge is 2.26. The molecule has 16 heteroatoms. The number of methoxy groups -OCH3 is 6. The second-order valence-corrected chi connectivity index (χ2v) is 30.5. The Balaban J connectivity index is 0.690. The van der Waals surface area contributed by atoms with Gasteiger partial charge in [0.1, 0.15) is 49.5 Å². The van der Waals surface area contributed by atoms with E-state index in [2.05, 4.69) is 240 Å². The molecule has 18 aromatic rings. The molecule has 9 heterocycles. The Morgan fingerprint density at radius 2 is 0.474 bits per heavy atom. The molecule has 0 atom stereocenters. The predicted octanol–water partition coefficient (Wildman–Crippen LogP) is 24.3. The molecule has 0 saturated carbocycles. The van der Waals surface area contributed by atoms with E-state index in [0.717, 1.165) is 117 Å². The molecular formula is C81H60N4O6S6. The first-order chi connectivity index (χ1) is 47.5. The van der Waals surface area contributed by atoms with Crippen LogP contribution in [0.25, 0.3) is 140 Å². The van der Waals surface area contributed by atoms with E-state index in [4.69, 9.17) is 28.4 Å². The number of ether oxygens (including phenoxy) is 6. The number of benzene rings is 9. The highest BCUT2D eigenvalue weighted by molar-refractivity contribution is 7.32. The molecule has 97 heavy (non-hydrogen) atoms. The SMILES string of the molecule is COc1ccc2c(c1)c1cc(OC)ccc1n2-c1sc2cc(-c3ccc(N(c4ccc(-c5cc6sc(-n7c8ccc(OC)cc8c8cc(OC)ccc87)c(C)c6s5)cc4)c4ccc(-c5cc6sc(-n7c8ccc(OC)cc8c8cc(OC)ccc87)c(C)c6s5)cc4)cc3)sc2c1C. The van der Waals surface area contributed by atoms with Crippen molar-refractivity contribution in [2.45, 2.75) is 20.8 Å². The van der Waals surface area contributed by atoms with Crippen molar-refractivity contribution in [1.82, 2.24) is 13.7 Å². The zero-order valence-electron chi connectivity index (χ0n) is 54.2. The summed E-state index contributed by atoms with van der Waals surface area (Å²) in [6.07, 6.45) is 0. The number of hydrogen-bond acceptors (Lipinski definition) is 13. The maximum absolute atomic E-state index is 5.70. The van der Waals surface area contributed by atoms with E-state index in [1.165, 1.54) is 91.2 Å². The smallest absolute Gasteiger partial charge is 0.119 e. The maximum atomic E-state index is 5.70. The fourth-order valence-corrected chi connectivity index (χ4v) is 22.0. The van der Waals surface area contributed by atoms with Crippen molar-refractivity contribution in [2.75, 3.05) is 47.6 Å². The van der Waals surface area contributed by atoms with Crippen LogP contribution in [-0.4, -0.2) is 56.4 Å².